The monoisotopic (exact) mass is 138 g/mol. The molecule has 1 aromatic rings. The third kappa shape index (κ3) is 3.56. The first kappa shape index (κ1) is 7.99. The molecule has 0 radical (unpaired) electrons. The molecule has 2 nitrogen and oxygen atoms in total. The number of nitriles is 1. The van der Waals surface area contributed by atoms with E-state index in [0.717, 1.165) is 4.90 Å². The first-order valence-corrected chi connectivity index (χ1v) is 2.69. The van der Waals surface area contributed by atoms with Gasteiger partial charge in [0.25, 0.3) is 0 Å². The van der Waals surface area contributed by atoms with Crippen LogP contribution in [-0.4, -0.2) is 4.98 Å². The predicted molar refractivity (Wildman–Crippen MR) is 38.2 cm³/mol. The Labute approximate surface area is 59.6 Å². The Kier molecular flexibility index (Phi) is 4.56. The number of aromatic nitrogens is 1. The number of thiol groups is 1. The zero-order chi connectivity index (χ0) is 7.11. The summed E-state index contributed by atoms with van der Waals surface area (Å²) >= 11 is 4.02. The second-order valence-corrected chi connectivity index (χ2v) is 1.73. The summed E-state index contributed by atoms with van der Waals surface area (Å²) < 4.78 is 0. The third-order valence-corrected chi connectivity index (χ3v) is 0.910. The molecule has 0 unspecified atom stereocenters. The number of hydrogen-bond acceptors (Lipinski definition) is 3. The van der Waals surface area contributed by atoms with Gasteiger partial charge in [-0.25, -0.2) is 5.26 Å². The van der Waals surface area contributed by atoms with Crippen molar-refractivity contribution >= 4 is 12.6 Å². The van der Waals surface area contributed by atoms with E-state index in [1.165, 1.54) is 0 Å². The van der Waals surface area contributed by atoms with Crippen LogP contribution in [0.1, 0.15) is 0 Å². The van der Waals surface area contributed by atoms with Gasteiger partial charge in [-0.05, 0) is 12.1 Å². The molecule has 0 aliphatic rings. The van der Waals surface area contributed by atoms with Crippen molar-refractivity contribution in [3.63, 3.8) is 0 Å². The standard InChI is InChI=1S/C5H5NS.CHN/c7-5-2-1-3-6-4-5;1-2/h1-4,7H;1H. The molecule has 9 heavy (non-hydrogen) atoms. The maximum Gasteiger partial charge on any atom is 0.0462 e. The summed E-state index contributed by atoms with van der Waals surface area (Å²) in [6, 6.07) is 3.73. The molecular weight excluding hydrogens is 132 g/mol. The first-order chi connectivity index (χ1) is 4.39. The molecule has 0 spiro atoms. The van der Waals surface area contributed by atoms with Crippen molar-refractivity contribution in [3.05, 3.63) is 24.5 Å². The van der Waals surface area contributed by atoms with Gasteiger partial charge in [-0.15, -0.1) is 12.6 Å². The molecule has 0 aliphatic heterocycles. The summed E-state index contributed by atoms with van der Waals surface area (Å²) in [6.45, 7) is 3.50. The van der Waals surface area contributed by atoms with Gasteiger partial charge in [-0.1, -0.05) is 0 Å². The fourth-order valence-electron chi connectivity index (χ4n) is 0.354. The van der Waals surface area contributed by atoms with Gasteiger partial charge in [0, 0.05) is 23.9 Å². The molecule has 0 fully saturated rings. The van der Waals surface area contributed by atoms with Gasteiger partial charge in [-0.2, -0.15) is 0 Å². The maximum atomic E-state index is 6.50. The number of hydrogen-bond donors (Lipinski definition) is 1. The fraction of sp³-hybridized carbons (Fsp3) is 0. The lowest BCUT2D eigenvalue weighted by atomic mass is 10.5. The second kappa shape index (κ2) is 5.13. The van der Waals surface area contributed by atoms with Crippen LogP contribution in [0, 0.1) is 11.8 Å². The van der Waals surface area contributed by atoms with Gasteiger partial charge in [0.15, 0.2) is 0 Å². The van der Waals surface area contributed by atoms with Crippen LogP contribution in [0.2, 0.25) is 0 Å². The molecule has 0 N–H and O–H groups in total. The molecule has 0 atom stereocenters. The lowest BCUT2D eigenvalue weighted by Gasteiger charge is -1.81. The van der Waals surface area contributed by atoms with Crippen molar-refractivity contribution in [1.82, 2.24) is 4.98 Å². The highest BCUT2D eigenvalue weighted by atomic mass is 32.1. The minimum absolute atomic E-state index is 0.905. The quantitative estimate of drug-likeness (QED) is 0.552. The van der Waals surface area contributed by atoms with E-state index in [0.29, 0.717) is 0 Å². The van der Waals surface area contributed by atoms with E-state index in [-0.39, 0.29) is 0 Å². The first-order valence-electron chi connectivity index (χ1n) is 2.24. The van der Waals surface area contributed by atoms with Gasteiger partial charge in [0.05, 0.1) is 0 Å². The van der Waals surface area contributed by atoms with E-state index in [2.05, 4.69) is 24.2 Å². The van der Waals surface area contributed by atoms with Gasteiger partial charge < -0.3 is 0 Å². The normalized spacial score (nSPS) is 7.00. The molecule has 0 aromatic carbocycles. The molecule has 46 valence electrons. The van der Waals surface area contributed by atoms with E-state index >= 15 is 0 Å². The van der Waals surface area contributed by atoms with Crippen LogP contribution in [0.3, 0.4) is 0 Å². The van der Waals surface area contributed by atoms with E-state index in [4.69, 9.17) is 5.26 Å². The molecule has 0 bridgehead atoms. The van der Waals surface area contributed by atoms with Crippen LogP contribution in [0.15, 0.2) is 29.4 Å². The Balaban J connectivity index is 0.000000291. The Morgan fingerprint density at radius 1 is 1.56 bits per heavy atom. The van der Waals surface area contributed by atoms with E-state index < -0.39 is 0 Å². The van der Waals surface area contributed by atoms with E-state index in [1.807, 2.05) is 12.1 Å². The van der Waals surface area contributed by atoms with Crippen LogP contribution in [-0.2, 0) is 0 Å². The number of rotatable bonds is 0. The van der Waals surface area contributed by atoms with Crippen molar-refractivity contribution in [2.24, 2.45) is 0 Å². The van der Waals surface area contributed by atoms with Crippen LogP contribution < -0.4 is 0 Å². The summed E-state index contributed by atoms with van der Waals surface area (Å²) in [6.07, 6.45) is 3.42. The Hall–Kier alpha value is -1.01. The van der Waals surface area contributed by atoms with Crippen LogP contribution in [0.4, 0.5) is 0 Å². The summed E-state index contributed by atoms with van der Waals surface area (Å²) in [5, 5.41) is 6.50. The lowest BCUT2D eigenvalue weighted by molar-refractivity contribution is 1.24. The van der Waals surface area contributed by atoms with Gasteiger partial charge in [-0.3, -0.25) is 4.98 Å². The topological polar surface area (TPSA) is 36.7 Å². The smallest absolute Gasteiger partial charge is 0.0462 e. The summed E-state index contributed by atoms with van der Waals surface area (Å²) in [5.41, 5.74) is 0. The minimum atomic E-state index is 0.905. The van der Waals surface area contributed by atoms with Gasteiger partial charge in [0.2, 0.25) is 0 Å². The number of pyridine rings is 1. The molecule has 0 aliphatic carbocycles. The summed E-state index contributed by atoms with van der Waals surface area (Å²) in [4.78, 5) is 4.71. The lowest BCUT2D eigenvalue weighted by Crippen LogP contribution is -1.65. The van der Waals surface area contributed by atoms with Crippen LogP contribution in [0.5, 0.6) is 0 Å². The largest absolute Gasteiger partial charge is 0.264 e. The summed E-state index contributed by atoms with van der Waals surface area (Å²) in [5.74, 6) is 0. The molecule has 0 saturated carbocycles. The van der Waals surface area contributed by atoms with Crippen LogP contribution >= 0.6 is 12.6 Å². The van der Waals surface area contributed by atoms with Crippen molar-refractivity contribution < 1.29 is 0 Å². The molecule has 1 rings (SSSR count). The highest BCUT2D eigenvalue weighted by Crippen LogP contribution is 1.98. The Bertz CT molecular complexity index is 171. The molecular formula is C6H6N2S. The molecule has 1 aromatic heterocycles. The highest BCUT2D eigenvalue weighted by molar-refractivity contribution is 7.80. The minimum Gasteiger partial charge on any atom is -0.264 e. The SMILES string of the molecule is C#N.Sc1cccnc1. The van der Waals surface area contributed by atoms with Crippen molar-refractivity contribution in [2.45, 2.75) is 4.90 Å². The zero-order valence-electron chi connectivity index (χ0n) is 4.73. The average Bonchev–Trinajstić information content (AvgIpc) is 1.94. The predicted octanol–water partition coefficient (Wildman–Crippen LogP) is 1.51. The van der Waals surface area contributed by atoms with E-state index in [9.17, 15) is 0 Å². The Morgan fingerprint density at radius 2 is 2.22 bits per heavy atom. The fourth-order valence-corrected chi connectivity index (χ4v) is 0.506. The van der Waals surface area contributed by atoms with Crippen molar-refractivity contribution in [1.29, 1.82) is 5.26 Å². The van der Waals surface area contributed by atoms with Crippen LogP contribution in [0.25, 0.3) is 0 Å². The van der Waals surface area contributed by atoms with Crippen molar-refractivity contribution in [2.75, 3.05) is 0 Å². The summed E-state index contributed by atoms with van der Waals surface area (Å²) in [7, 11) is 0. The molecule has 0 saturated heterocycles. The second-order valence-electron chi connectivity index (χ2n) is 1.21. The maximum absolute atomic E-state index is 6.50. The van der Waals surface area contributed by atoms with Gasteiger partial charge in [0.1, 0.15) is 0 Å². The molecule has 0 amide bonds. The average molecular weight is 138 g/mol. The zero-order valence-corrected chi connectivity index (χ0v) is 5.62. The highest BCUT2D eigenvalue weighted by Gasteiger charge is 1.74. The van der Waals surface area contributed by atoms with Crippen molar-refractivity contribution in [3.8, 4) is 6.57 Å². The Morgan fingerprint density at radius 3 is 2.44 bits per heavy atom. The molecule has 3 heteroatoms. The molecule has 1 heterocycles. The number of nitrogens with zero attached hydrogens (tertiary/aromatic N) is 2. The third-order valence-electron chi connectivity index (χ3n) is 0.646. The van der Waals surface area contributed by atoms with E-state index in [1.54, 1.807) is 12.4 Å². The van der Waals surface area contributed by atoms with Gasteiger partial charge >= 0.3 is 0 Å².